The third kappa shape index (κ3) is 3.34. The topological polar surface area (TPSA) is 83.7 Å². The number of carbonyl (C=O) groups is 2. The van der Waals surface area contributed by atoms with Crippen molar-refractivity contribution in [2.45, 2.75) is 19.8 Å². The van der Waals surface area contributed by atoms with E-state index >= 15 is 0 Å². The minimum absolute atomic E-state index is 0.151. The van der Waals surface area contributed by atoms with Crippen LogP contribution >= 0.6 is 0 Å². The van der Waals surface area contributed by atoms with Crippen LogP contribution in [0.2, 0.25) is 0 Å². The van der Waals surface area contributed by atoms with Crippen molar-refractivity contribution in [2.75, 3.05) is 6.54 Å². The van der Waals surface area contributed by atoms with Crippen LogP contribution < -0.4 is 5.32 Å². The van der Waals surface area contributed by atoms with Gasteiger partial charge in [-0.3, -0.25) is 9.59 Å². The van der Waals surface area contributed by atoms with Gasteiger partial charge in [0.15, 0.2) is 0 Å². The molecule has 1 amide bonds. The Balaban J connectivity index is 1.92. The van der Waals surface area contributed by atoms with Crippen LogP contribution in [0.5, 0.6) is 0 Å². The number of nitrogens with zero attached hydrogens (tertiary/aromatic N) is 2. The molecule has 1 unspecified atom stereocenters. The van der Waals surface area contributed by atoms with E-state index < -0.39 is 11.9 Å². The van der Waals surface area contributed by atoms with Gasteiger partial charge in [0.25, 0.3) is 0 Å². The zero-order valence-electron chi connectivity index (χ0n) is 11.2. The second-order valence-electron chi connectivity index (χ2n) is 4.62. The highest BCUT2D eigenvalue weighted by Crippen LogP contribution is 2.05. The molecule has 6 heteroatoms. The van der Waals surface area contributed by atoms with E-state index in [1.807, 2.05) is 28.8 Å². The van der Waals surface area contributed by atoms with Gasteiger partial charge in [0.1, 0.15) is 5.65 Å². The van der Waals surface area contributed by atoms with E-state index in [9.17, 15) is 9.59 Å². The van der Waals surface area contributed by atoms with Crippen molar-refractivity contribution in [1.82, 2.24) is 14.7 Å². The van der Waals surface area contributed by atoms with Crippen molar-refractivity contribution < 1.29 is 14.7 Å². The van der Waals surface area contributed by atoms with Crippen LogP contribution in [0, 0.1) is 5.92 Å². The molecule has 0 aliphatic rings. The Hall–Kier alpha value is -2.37. The number of hydrogen-bond donors (Lipinski definition) is 2. The van der Waals surface area contributed by atoms with Crippen LogP contribution in [-0.4, -0.2) is 32.9 Å². The number of imidazole rings is 1. The predicted molar refractivity (Wildman–Crippen MR) is 73.3 cm³/mol. The van der Waals surface area contributed by atoms with E-state index in [0.29, 0.717) is 12.1 Å². The first-order valence-electron chi connectivity index (χ1n) is 6.52. The highest BCUT2D eigenvalue weighted by Gasteiger charge is 2.16. The molecule has 0 radical (unpaired) electrons. The molecule has 0 aliphatic carbocycles. The van der Waals surface area contributed by atoms with Crippen LogP contribution in [0.3, 0.4) is 0 Å². The highest BCUT2D eigenvalue weighted by atomic mass is 16.4. The number of pyridine rings is 1. The molecule has 2 aromatic rings. The zero-order chi connectivity index (χ0) is 14.5. The van der Waals surface area contributed by atoms with Crippen LogP contribution in [-0.2, 0) is 16.0 Å². The summed E-state index contributed by atoms with van der Waals surface area (Å²) in [5, 5.41) is 11.5. The SMILES string of the molecule is CCC(CNC(=O)Cc1cn2ccccc2n1)C(=O)O. The lowest BCUT2D eigenvalue weighted by Gasteiger charge is -2.10. The third-order valence-corrected chi connectivity index (χ3v) is 3.14. The Labute approximate surface area is 116 Å². The molecular formula is C14H17N3O3. The summed E-state index contributed by atoms with van der Waals surface area (Å²) in [4.78, 5) is 27.0. The van der Waals surface area contributed by atoms with Gasteiger partial charge in [0.2, 0.25) is 5.91 Å². The van der Waals surface area contributed by atoms with Crippen LogP contribution in [0.4, 0.5) is 0 Å². The molecule has 2 heterocycles. The summed E-state index contributed by atoms with van der Waals surface area (Å²) in [6.07, 6.45) is 4.30. The van der Waals surface area contributed by atoms with Crippen molar-refractivity contribution in [3.63, 3.8) is 0 Å². The quantitative estimate of drug-likeness (QED) is 0.827. The zero-order valence-corrected chi connectivity index (χ0v) is 11.2. The summed E-state index contributed by atoms with van der Waals surface area (Å²) in [7, 11) is 0. The van der Waals surface area contributed by atoms with E-state index in [2.05, 4.69) is 10.3 Å². The molecule has 0 saturated carbocycles. The molecule has 0 spiro atoms. The van der Waals surface area contributed by atoms with Crippen molar-refractivity contribution in [2.24, 2.45) is 5.92 Å². The minimum atomic E-state index is -0.888. The van der Waals surface area contributed by atoms with Gasteiger partial charge in [-0.1, -0.05) is 13.0 Å². The number of amides is 1. The third-order valence-electron chi connectivity index (χ3n) is 3.14. The number of carboxylic acids is 1. The fourth-order valence-corrected chi connectivity index (χ4v) is 1.94. The van der Waals surface area contributed by atoms with E-state index in [4.69, 9.17) is 5.11 Å². The molecule has 20 heavy (non-hydrogen) atoms. The average Bonchev–Trinajstić information content (AvgIpc) is 2.80. The molecule has 0 aliphatic heterocycles. The molecule has 0 saturated heterocycles. The lowest BCUT2D eigenvalue weighted by Crippen LogP contribution is -2.33. The fraction of sp³-hybridized carbons (Fsp3) is 0.357. The largest absolute Gasteiger partial charge is 0.481 e. The summed E-state index contributed by atoms with van der Waals surface area (Å²) >= 11 is 0. The summed E-state index contributed by atoms with van der Waals surface area (Å²) in [5.41, 5.74) is 1.45. The smallest absolute Gasteiger partial charge is 0.308 e. The number of hydrogen-bond acceptors (Lipinski definition) is 3. The van der Waals surface area contributed by atoms with E-state index in [0.717, 1.165) is 5.65 Å². The number of aliphatic carboxylic acids is 1. The van der Waals surface area contributed by atoms with E-state index in [1.54, 1.807) is 13.1 Å². The summed E-state index contributed by atoms with van der Waals surface area (Å²) in [5.74, 6) is -1.64. The second-order valence-corrected chi connectivity index (χ2v) is 4.62. The second kappa shape index (κ2) is 6.18. The Kier molecular flexibility index (Phi) is 4.34. The monoisotopic (exact) mass is 275 g/mol. The fourth-order valence-electron chi connectivity index (χ4n) is 1.94. The molecule has 0 bridgehead atoms. The first-order valence-corrected chi connectivity index (χ1v) is 6.52. The van der Waals surface area contributed by atoms with Crippen molar-refractivity contribution >= 4 is 17.5 Å². The molecule has 6 nitrogen and oxygen atoms in total. The van der Waals surface area contributed by atoms with E-state index in [-0.39, 0.29) is 18.9 Å². The summed E-state index contributed by atoms with van der Waals surface area (Å²) in [6, 6.07) is 5.63. The molecule has 2 aromatic heterocycles. The summed E-state index contributed by atoms with van der Waals surface area (Å²) < 4.78 is 1.84. The first-order chi connectivity index (χ1) is 9.60. The number of carboxylic acid groups (broad SMARTS) is 1. The van der Waals surface area contributed by atoms with Crippen LogP contribution in [0.15, 0.2) is 30.6 Å². The van der Waals surface area contributed by atoms with Crippen molar-refractivity contribution in [3.8, 4) is 0 Å². The standard InChI is InChI=1S/C14H17N3O3/c1-2-10(14(19)20)8-15-13(18)7-11-9-17-6-4-3-5-12(17)16-11/h3-6,9-10H,2,7-8H2,1H3,(H,15,18)(H,19,20). The normalized spacial score (nSPS) is 12.2. The van der Waals surface area contributed by atoms with Crippen molar-refractivity contribution in [1.29, 1.82) is 0 Å². The average molecular weight is 275 g/mol. The van der Waals surface area contributed by atoms with Gasteiger partial charge in [-0.2, -0.15) is 0 Å². The maximum atomic E-state index is 11.8. The molecular weight excluding hydrogens is 258 g/mol. The maximum absolute atomic E-state index is 11.8. The van der Waals surface area contributed by atoms with Gasteiger partial charge in [-0.25, -0.2) is 4.98 Å². The van der Waals surface area contributed by atoms with Crippen LogP contribution in [0.1, 0.15) is 19.0 Å². The predicted octanol–water partition coefficient (Wildman–Crippen LogP) is 1.10. The first kappa shape index (κ1) is 14.0. The van der Waals surface area contributed by atoms with Gasteiger partial charge in [-0.05, 0) is 18.6 Å². The Morgan fingerprint density at radius 3 is 2.90 bits per heavy atom. The molecule has 2 rings (SSSR count). The number of nitrogens with one attached hydrogen (secondary N) is 1. The molecule has 2 N–H and O–H groups in total. The maximum Gasteiger partial charge on any atom is 0.308 e. The number of fused-ring (bicyclic) bond motifs is 1. The molecule has 0 fully saturated rings. The number of carbonyl (C=O) groups excluding carboxylic acids is 1. The molecule has 106 valence electrons. The van der Waals surface area contributed by atoms with Crippen molar-refractivity contribution in [3.05, 3.63) is 36.3 Å². The Morgan fingerprint density at radius 2 is 2.25 bits per heavy atom. The number of rotatable bonds is 6. The van der Waals surface area contributed by atoms with Gasteiger partial charge >= 0.3 is 5.97 Å². The molecule has 0 aromatic carbocycles. The van der Waals surface area contributed by atoms with E-state index in [1.165, 1.54) is 0 Å². The highest BCUT2D eigenvalue weighted by molar-refractivity contribution is 5.79. The summed E-state index contributed by atoms with van der Waals surface area (Å²) in [6.45, 7) is 1.94. The van der Waals surface area contributed by atoms with Gasteiger partial charge in [-0.15, -0.1) is 0 Å². The van der Waals surface area contributed by atoms with Gasteiger partial charge in [0, 0.05) is 18.9 Å². The molecule has 1 atom stereocenters. The number of aromatic nitrogens is 2. The van der Waals surface area contributed by atoms with Gasteiger partial charge in [0.05, 0.1) is 18.0 Å². The minimum Gasteiger partial charge on any atom is -0.481 e. The van der Waals surface area contributed by atoms with Crippen LogP contribution in [0.25, 0.3) is 5.65 Å². The Morgan fingerprint density at radius 1 is 1.45 bits per heavy atom. The lowest BCUT2D eigenvalue weighted by molar-refractivity contribution is -0.141. The lowest BCUT2D eigenvalue weighted by atomic mass is 10.1. The Bertz CT molecular complexity index is 588. The van der Waals surface area contributed by atoms with Gasteiger partial charge < -0.3 is 14.8 Å².